The van der Waals surface area contributed by atoms with Gasteiger partial charge in [0.25, 0.3) is 0 Å². The first kappa shape index (κ1) is 25.5. The van der Waals surface area contributed by atoms with Gasteiger partial charge in [0.05, 0.1) is 26.5 Å². The predicted molar refractivity (Wildman–Crippen MR) is 140 cm³/mol. The van der Waals surface area contributed by atoms with Crippen LogP contribution in [0.1, 0.15) is 12.0 Å². The Morgan fingerprint density at radius 2 is 1.78 bits per heavy atom. The number of nitrogens with one attached hydrogen (secondary N) is 1. The molecule has 0 bridgehead atoms. The number of methoxy groups -OCH3 is 2. The van der Waals surface area contributed by atoms with Crippen LogP contribution in [0.2, 0.25) is 5.02 Å². The molecule has 36 heavy (non-hydrogen) atoms. The summed E-state index contributed by atoms with van der Waals surface area (Å²) in [4.78, 5) is 32.4. The number of hydrogen-bond donors (Lipinski definition) is 1. The van der Waals surface area contributed by atoms with E-state index in [-0.39, 0.29) is 24.8 Å². The standard InChI is InChI=1S/C26H23ClFN3O4S/c1-34-21-12-3-16(13-22(21)35-2)15-31-24(32)14-23(25(33)29-19-10-6-18(28)7-11-19)36-26(31)30-20-8-4-17(27)5-9-20/h3-13,23H,14-15H2,1-2H3,(H,29,33). The summed E-state index contributed by atoms with van der Waals surface area (Å²) in [5, 5.41) is 2.97. The molecule has 1 N–H and O–H groups in total. The predicted octanol–water partition coefficient (Wildman–Crippen LogP) is 5.66. The van der Waals surface area contributed by atoms with Gasteiger partial charge in [0, 0.05) is 17.1 Å². The number of aliphatic imine (C=N–C) groups is 1. The van der Waals surface area contributed by atoms with Gasteiger partial charge in [-0.15, -0.1) is 0 Å². The summed E-state index contributed by atoms with van der Waals surface area (Å²) in [6, 6.07) is 17.7. The van der Waals surface area contributed by atoms with Crippen molar-refractivity contribution in [2.75, 3.05) is 19.5 Å². The Hall–Kier alpha value is -3.56. The van der Waals surface area contributed by atoms with Gasteiger partial charge in [-0.05, 0) is 66.2 Å². The molecule has 4 rings (SSSR count). The number of nitrogens with zero attached hydrogens (tertiary/aromatic N) is 2. The fourth-order valence-corrected chi connectivity index (χ4v) is 4.76. The first-order chi connectivity index (χ1) is 17.4. The van der Waals surface area contributed by atoms with Crippen molar-refractivity contribution in [2.24, 2.45) is 4.99 Å². The van der Waals surface area contributed by atoms with E-state index in [4.69, 9.17) is 21.1 Å². The minimum Gasteiger partial charge on any atom is -0.493 e. The Bertz CT molecular complexity index is 1290. The number of carbonyl (C=O) groups excluding carboxylic acids is 2. The van der Waals surface area contributed by atoms with Crippen LogP contribution in [0.3, 0.4) is 0 Å². The Balaban J connectivity index is 1.61. The molecule has 1 heterocycles. The van der Waals surface area contributed by atoms with E-state index >= 15 is 0 Å². The van der Waals surface area contributed by atoms with Crippen molar-refractivity contribution < 1.29 is 23.5 Å². The third kappa shape index (κ3) is 6.16. The molecule has 0 spiro atoms. The summed E-state index contributed by atoms with van der Waals surface area (Å²) in [6.45, 7) is 0.227. The minimum atomic E-state index is -0.713. The molecule has 186 valence electrons. The summed E-state index contributed by atoms with van der Waals surface area (Å²) >= 11 is 7.19. The van der Waals surface area contributed by atoms with Crippen molar-refractivity contribution in [1.82, 2.24) is 4.90 Å². The van der Waals surface area contributed by atoms with Crippen LogP contribution in [0, 0.1) is 5.82 Å². The molecule has 7 nitrogen and oxygen atoms in total. The van der Waals surface area contributed by atoms with Crippen LogP contribution >= 0.6 is 23.4 Å². The fraction of sp³-hybridized carbons (Fsp3) is 0.192. The topological polar surface area (TPSA) is 80.2 Å². The molecule has 1 fully saturated rings. The number of benzene rings is 3. The van der Waals surface area contributed by atoms with Gasteiger partial charge >= 0.3 is 0 Å². The van der Waals surface area contributed by atoms with Crippen LogP contribution in [0.15, 0.2) is 71.7 Å². The number of thioether (sulfide) groups is 1. The maximum Gasteiger partial charge on any atom is 0.238 e. The molecule has 10 heteroatoms. The highest BCUT2D eigenvalue weighted by Gasteiger charge is 2.36. The lowest BCUT2D eigenvalue weighted by Gasteiger charge is -2.32. The zero-order chi connectivity index (χ0) is 25.7. The lowest BCUT2D eigenvalue weighted by atomic mass is 10.1. The molecular weight excluding hydrogens is 505 g/mol. The lowest BCUT2D eigenvalue weighted by Crippen LogP contribution is -2.44. The Labute approximate surface area is 217 Å². The van der Waals surface area contributed by atoms with Gasteiger partial charge in [-0.3, -0.25) is 14.5 Å². The van der Waals surface area contributed by atoms with E-state index in [1.54, 1.807) is 55.5 Å². The normalized spacial score (nSPS) is 16.7. The van der Waals surface area contributed by atoms with Crippen molar-refractivity contribution in [2.45, 2.75) is 18.2 Å². The summed E-state index contributed by atoms with van der Waals surface area (Å²) in [7, 11) is 3.09. The smallest absolute Gasteiger partial charge is 0.238 e. The maximum absolute atomic E-state index is 13.3. The number of hydrogen-bond acceptors (Lipinski definition) is 6. The molecule has 0 aromatic heterocycles. The second-order valence-electron chi connectivity index (χ2n) is 7.85. The highest BCUT2D eigenvalue weighted by atomic mass is 35.5. The summed E-state index contributed by atoms with van der Waals surface area (Å²) in [5.41, 5.74) is 1.84. The summed E-state index contributed by atoms with van der Waals surface area (Å²) in [5.74, 6) is 0.0940. The minimum absolute atomic E-state index is 0.0232. The monoisotopic (exact) mass is 527 g/mol. The van der Waals surface area contributed by atoms with Gasteiger partial charge in [-0.1, -0.05) is 29.4 Å². The van der Waals surface area contributed by atoms with E-state index in [1.807, 2.05) is 6.07 Å². The van der Waals surface area contributed by atoms with E-state index in [0.717, 1.165) is 5.56 Å². The molecule has 1 atom stereocenters. The van der Waals surface area contributed by atoms with Gasteiger partial charge in [0.15, 0.2) is 16.7 Å². The third-order valence-electron chi connectivity index (χ3n) is 5.38. The second kappa shape index (κ2) is 11.5. The summed E-state index contributed by atoms with van der Waals surface area (Å²) < 4.78 is 23.9. The zero-order valence-corrected chi connectivity index (χ0v) is 21.1. The van der Waals surface area contributed by atoms with Crippen LogP contribution in [-0.4, -0.2) is 41.4 Å². The SMILES string of the molecule is COc1ccc(CN2C(=O)CC(C(=O)Nc3ccc(F)cc3)SC2=Nc2ccc(Cl)cc2)cc1OC. The molecular formula is C26H23ClFN3O4S. The second-order valence-corrected chi connectivity index (χ2v) is 9.45. The van der Waals surface area contributed by atoms with E-state index in [2.05, 4.69) is 10.3 Å². The fourth-order valence-electron chi connectivity index (χ4n) is 3.54. The largest absolute Gasteiger partial charge is 0.493 e. The Kier molecular flexibility index (Phi) is 8.12. The van der Waals surface area contributed by atoms with Crippen LogP contribution in [0.5, 0.6) is 11.5 Å². The quantitative estimate of drug-likeness (QED) is 0.429. The molecule has 0 aliphatic carbocycles. The number of amides is 2. The van der Waals surface area contributed by atoms with Crippen LogP contribution < -0.4 is 14.8 Å². The number of amidine groups is 1. The molecule has 2 amide bonds. The van der Waals surface area contributed by atoms with Gasteiger partial charge in [0.2, 0.25) is 11.8 Å². The number of carbonyl (C=O) groups is 2. The molecule has 0 saturated carbocycles. The molecule has 1 saturated heterocycles. The van der Waals surface area contributed by atoms with Crippen LogP contribution in [-0.2, 0) is 16.1 Å². The maximum atomic E-state index is 13.3. The average molecular weight is 528 g/mol. The lowest BCUT2D eigenvalue weighted by molar-refractivity contribution is -0.129. The van der Waals surface area contributed by atoms with Crippen molar-refractivity contribution in [3.05, 3.63) is 83.1 Å². The highest BCUT2D eigenvalue weighted by Crippen LogP contribution is 2.33. The van der Waals surface area contributed by atoms with E-state index in [1.165, 1.54) is 36.0 Å². The number of rotatable bonds is 7. The molecule has 1 aliphatic rings. The highest BCUT2D eigenvalue weighted by molar-refractivity contribution is 8.15. The van der Waals surface area contributed by atoms with Crippen molar-refractivity contribution >= 4 is 51.7 Å². The molecule has 3 aromatic carbocycles. The first-order valence-electron chi connectivity index (χ1n) is 10.9. The zero-order valence-electron chi connectivity index (χ0n) is 19.5. The Morgan fingerprint density at radius 1 is 1.08 bits per heavy atom. The number of anilines is 1. The molecule has 3 aromatic rings. The van der Waals surface area contributed by atoms with E-state index in [9.17, 15) is 14.0 Å². The molecule has 1 aliphatic heterocycles. The average Bonchev–Trinajstić information content (AvgIpc) is 2.88. The van der Waals surface area contributed by atoms with Gasteiger partial charge in [-0.2, -0.15) is 0 Å². The van der Waals surface area contributed by atoms with Crippen LogP contribution in [0.4, 0.5) is 15.8 Å². The molecule has 0 radical (unpaired) electrons. The first-order valence-corrected chi connectivity index (χ1v) is 12.2. The van der Waals surface area contributed by atoms with E-state index < -0.39 is 11.1 Å². The van der Waals surface area contributed by atoms with Gasteiger partial charge in [-0.25, -0.2) is 9.38 Å². The Morgan fingerprint density at radius 3 is 2.44 bits per heavy atom. The number of halogens is 2. The van der Waals surface area contributed by atoms with Crippen molar-refractivity contribution in [3.8, 4) is 11.5 Å². The van der Waals surface area contributed by atoms with Gasteiger partial charge in [0.1, 0.15) is 11.1 Å². The third-order valence-corrected chi connectivity index (χ3v) is 6.82. The number of ether oxygens (including phenoxy) is 2. The van der Waals surface area contributed by atoms with Crippen LogP contribution in [0.25, 0.3) is 0 Å². The van der Waals surface area contributed by atoms with Crippen molar-refractivity contribution in [1.29, 1.82) is 0 Å². The molecule has 1 unspecified atom stereocenters. The van der Waals surface area contributed by atoms with E-state index in [0.29, 0.717) is 33.1 Å². The summed E-state index contributed by atoms with van der Waals surface area (Å²) in [6.07, 6.45) is -0.0232. The van der Waals surface area contributed by atoms with Crippen molar-refractivity contribution in [3.63, 3.8) is 0 Å². The van der Waals surface area contributed by atoms with Gasteiger partial charge < -0.3 is 14.8 Å².